The van der Waals surface area contributed by atoms with Crippen molar-refractivity contribution in [2.75, 3.05) is 0 Å². The summed E-state index contributed by atoms with van der Waals surface area (Å²) in [7, 11) is 0. The number of halogens is 1. The van der Waals surface area contributed by atoms with Crippen LogP contribution in [0.2, 0.25) is 0 Å². The summed E-state index contributed by atoms with van der Waals surface area (Å²) in [4.78, 5) is 0. The zero-order valence-electron chi connectivity index (χ0n) is 6.76. The second-order valence-corrected chi connectivity index (χ2v) is 4.03. The molecule has 0 N–H and O–H groups in total. The molecule has 62 valence electrons. The van der Waals surface area contributed by atoms with Crippen molar-refractivity contribution in [1.29, 1.82) is 0 Å². The molecule has 12 heavy (non-hydrogen) atoms. The van der Waals surface area contributed by atoms with Gasteiger partial charge in [0, 0.05) is 14.9 Å². The molecule has 0 aliphatic rings. The highest BCUT2D eigenvalue weighted by atomic mass is 127. The van der Waals surface area contributed by atoms with Crippen LogP contribution in [0.15, 0.2) is 12.1 Å². The van der Waals surface area contributed by atoms with Gasteiger partial charge in [0.1, 0.15) is 0 Å². The summed E-state index contributed by atoms with van der Waals surface area (Å²) in [5.41, 5.74) is 3.34. The van der Waals surface area contributed by atoms with Gasteiger partial charge in [-0.3, -0.25) is 0 Å². The average molecular weight is 288 g/mol. The van der Waals surface area contributed by atoms with Crippen molar-refractivity contribution < 1.29 is 0 Å². The average Bonchev–Trinajstić information content (AvgIpc) is 2.09. The van der Waals surface area contributed by atoms with Gasteiger partial charge in [-0.1, -0.05) is 5.92 Å². The Kier molecular flexibility index (Phi) is 3.48. The Morgan fingerprint density at radius 2 is 2.25 bits per heavy atom. The van der Waals surface area contributed by atoms with Crippen LogP contribution in [0, 0.1) is 22.8 Å². The van der Waals surface area contributed by atoms with Crippen LogP contribution >= 0.6 is 35.2 Å². The third kappa shape index (κ3) is 1.96. The molecule has 0 nitrogen and oxygen atoms in total. The Morgan fingerprint density at radius 1 is 1.58 bits per heavy atom. The van der Waals surface area contributed by atoms with Gasteiger partial charge in [-0.05, 0) is 52.8 Å². The van der Waals surface area contributed by atoms with Gasteiger partial charge in [-0.2, -0.15) is 12.6 Å². The molecular weight excluding hydrogens is 279 g/mol. The van der Waals surface area contributed by atoms with Crippen molar-refractivity contribution in [2.24, 2.45) is 0 Å². The lowest BCUT2D eigenvalue weighted by molar-refractivity contribution is 1.32. The summed E-state index contributed by atoms with van der Waals surface area (Å²) >= 11 is 6.50. The molecular formula is C10H9IS. The Morgan fingerprint density at radius 3 is 2.75 bits per heavy atom. The SMILES string of the molecule is C#Cc1cc(CS)cc(I)c1C. The number of rotatable bonds is 1. The molecule has 0 saturated heterocycles. The first-order chi connectivity index (χ1) is 5.69. The van der Waals surface area contributed by atoms with Crippen molar-refractivity contribution in [3.63, 3.8) is 0 Å². The molecule has 0 heterocycles. The molecule has 0 aromatic heterocycles. The smallest absolute Gasteiger partial charge is 0.0285 e. The first-order valence-corrected chi connectivity index (χ1v) is 5.26. The van der Waals surface area contributed by atoms with E-state index in [-0.39, 0.29) is 0 Å². The maximum Gasteiger partial charge on any atom is 0.0285 e. The molecule has 1 rings (SSSR count). The number of terminal acetylenes is 1. The molecule has 0 saturated carbocycles. The zero-order chi connectivity index (χ0) is 9.14. The molecule has 2 heteroatoms. The third-order valence-electron chi connectivity index (χ3n) is 1.74. The molecule has 0 unspecified atom stereocenters. The first-order valence-electron chi connectivity index (χ1n) is 3.55. The lowest BCUT2D eigenvalue weighted by Crippen LogP contribution is -1.90. The largest absolute Gasteiger partial charge is 0.175 e. The van der Waals surface area contributed by atoms with E-state index in [9.17, 15) is 0 Å². The summed E-state index contributed by atoms with van der Waals surface area (Å²) in [5, 5.41) is 0. The highest BCUT2D eigenvalue weighted by molar-refractivity contribution is 14.1. The Labute approximate surface area is 92.3 Å². The van der Waals surface area contributed by atoms with Gasteiger partial charge in [0.05, 0.1) is 0 Å². The van der Waals surface area contributed by atoms with E-state index >= 15 is 0 Å². The fraction of sp³-hybridized carbons (Fsp3) is 0.200. The second kappa shape index (κ2) is 4.20. The minimum Gasteiger partial charge on any atom is -0.175 e. The molecule has 0 spiro atoms. The van der Waals surface area contributed by atoms with Gasteiger partial charge in [-0.15, -0.1) is 6.42 Å². The van der Waals surface area contributed by atoms with Crippen LogP contribution in [0.3, 0.4) is 0 Å². The zero-order valence-corrected chi connectivity index (χ0v) is 9.82. The van der Waals surface area contributed by atoms with Gasteiger partial charge in [0.25, 0.3) is 0 Å². The molecule has 0 amide bonds. The summed E-state index contributed by atoms with van der Waals surface area (Å²) in [6, 6.07) is 4.13. The van der Waals surface area contributed by atoms with E-state index in [1.165, 1.54) is 14.7 Å². The first kappa shape index (κ1) is 9.94. The molecule has 0 aliphatic heterocycles. The summed E-state index contributed by atoms with van der Waals surface area (Å²) in [5.74, 6) is 3.41. The number of hydrogen-bond acceptors (Lipinski definition) is 1. The van der Waals surface area contributed by atoms with E-state index < -0.39 is 0 Å². The molecule has 1 aromatic carbocycles. The van der Waals surface area contributed by atoms with Crippen LogP contribution < -0.4 is 0 Å². The van der Waals surface area contributed by atoms with Crippen molar-refractivity contribution in [3.8, 4) is 12.3 Å². The summed E-state index contributed by atoms with van der Waals surface area (Å²) in [6.45, 7) is 2.04. The second-order valence-electron chi connectivity index (χ2n) is 2.55. The van der Waals surface area contributed by atoms with Crippen molar-refractivity contribution in [2.45, 2.75) is 12.7 Å². The van der Waals surface area contributed by atoms with Crippen LogP contribution in [-0.2, 0) is 5.75 Å². The molecule has 0 radical (unpaired) electrons. The molecule has 0 fully saturated rings. The Balaban J connectivity index is 3.31. The summed E-state index contributed by atoms with van der Waals surface area (Å²) < 4.78 is 1.21. The van der Waals surface area contributed by atoms with Crippen LogP contribution in [0.5, 0.6) is 0 Å². The van der Waals surface area contributed by atoms with E-state index in [1.807, 2.05) is 13.0 Å². The van der Waals surface area contributed by atoms with Gasteiger partial charge in [-0.25, -0.2) is 0 Å². The standard InChI is InChI=1S/C10H9IS/c1-3-9-4-8(6-12)5-10(11)7(9)2/h1,4-5,12H,6H2,2H3. The van der Waals surface area contributed by atoms with Gasteiger partial charge < -0.3 is 0 Å². The van der Waals surface area contributed by atoms with Crippen molar-refractivity contribution in [1.82, 2.24) is 0 Å². The number of thiol groups is 1. The maximum absolute atomic E-state index is 5.36. The van der Waals surface area contributed by atoms with E-state index in [0.717, 1.165) is 11.3 Å². The van der Waals surface area contributed by atoms with Crippen LogP contribution in [0.4, 0.5) is 0 Å². The third-order valence-corrected chi connectivity index (χ3v) is 3.23. The summed E-state index contributed by atoms with van der Waals surface area (Å²) in [6.07, 6.45) is 5.36. The molecule has 0 bridgehead atoms. The van der Waals surface area contributed by atoms with E-state index in [1.54, 1.807) is 0 Å². The lowest BCUT2D eigenvalue weighted by atomic mass is 10.1. The van der Waals surface area contributed by atoms with E-state index in [4.69, 9.17) is 6.42 Å². The topological polar surface area (TPSA) is 0 Å². The molecule has 0 aliphatic carbocycles. The predicted octanol–water partition coefficient (Wildman–Crippen LogP) is 3.01. The van der Waals surface area contributed by atoms with Gasteiger partial charge in [0.15, 0.2) is 0 Å². The van der Waals surface area contributed by atoms with Gasteiger partial charge in [0.2, 0.25) is 0 Å². The van der Waals surface area contributed by atoms with Crippen molar-refractivity contribution in [3.05, 3.63) is 32.4 Å². The fourth-order valence-electron chi connectivity index (χ4n) is 0.976. The highest BCUT2D eigenvalue weighted by Gasteiger charge is 2.01. The van der Waals surface area contributed by atoms with Gasteiger partial charge >= 0.3 is 0 Å². The van der Waals surface area contributed by atoms with Crippen LogP contribution in [-0.4, -0.2) is 0 Å². The number of benzene rings is 1. The maximum atomic E-state index is 5.36. The van der Waals surface area contributed by atoms with E-state index in [2.05, 4.69) is 47.2 Å². The number of hydrogen-bond donors (Lipinski definition) is 1. The molecule has 1 aromatic rings. The van der Waals surface area contributed by atoms with Crippen LogP contribution in [0.25, 0.3) is 0 Å². The van der Waals surface area contributed by atoms with E-state index in [0.29, 0.717) is 0 Å². The minimum absolute atomic E-state index is 0.741. The quantitative estimate of drug-likeness (QED) is 0.458. The molecule has 0 atom stereocenters. The predicted molar refractivity (Wildman–Crippen MR) is 64.5 cm³/mol. The highest BCUT2D eigenvalue weighted by Crippen LogP contribution is 2.19. The minimum atomic E-state index is 0.741. The van der Waals surface area contributed by atoms with Crippen LogP contribution in [0.1, 0.15) is 16.7 Å². The normalized spacial score (nSPS) is 9.50. The Bertz CT molecular complexity index is 336. The van der Waals surface area contributed by atoms with Crippen molar-refractivity contribution >= 4 is 35.2 Å². The monoisotopic (exact) mass is 288 g/mol. The Hall–Kier alpha value is -0.140. The fourth-order valence-corrected chi connectivity index (χ4v) is 1.85. The lowest BCUT2D eigenvalue weighted by Gasteiger charge is -2.04.